The van der Waals surface area contributed by atoms with E-state index in [4.69, 9.17) is 20.5 Å². The van der Waals surface area contributed by atoms with Crippen LogP contribution in [0, 0.1) is 6.92 Å². The molecule has 1 amide bonds. The van der Waals surface area contributed by atoms with Crippen LogP contribution in [0.4, 0.5) is 0 Å². The summed E-state index contributed by atoms with van der Waals surface area (Å²) < 4.78 is 10.5. The molecule has 0 fully saturated rings. The molecule has 0 aliphatic rings. The van der Waals surface area contributed by atoms with Crippen LogP contribution in [-0.4, -0.2) is 23.0 Å². The standard InChI is InChI=1S/C15H13ClN2O3/c1-9-5-12(17-21-9)8-18(2)15(19)14-7-10-6-11(16)3-4-13(10)20-14/h3-7H,8H2,1-2H3. The number of furan rings is 1. The monoisotopic (exact) mass is 304 g/mol. The summed E-state index contributed by atoms with van der Waals surface area (Å²) in [5.41, 5.74) is 1.33. The molecule has 108 valence electrons. The smallest absolute Gasteiger partial charge is 0.289 e. The Labute approximate surface area is 126 Å². The van der Waals surface area contributed by atoms with Crippen LogP contribution >= 0.6 is 11.6 Å². The van der Waals surface area contributed by atoms with Crippen molar-refractivity contribution in [1.82, 2.24) is 10.1 Å². The molecule has 0 unspecified atom stereocenters. The van der Waals surface area contributed by atoms with Gasteiger partial charge < -0.3 is 13.8 Å². The summed E-state index contributed by atoms with van der Waals surface area (Å²) in [7, 11) is 1.69. The zero-order chi connectivity index (χ0) is 15.0. The highest BCUT2D eigenvalue weighted by atomic mass is 35.5. The molecule has 2 aromatic heterocycles. The third-order valence-electron chi connectivity index (χ3n) is 3.11. The molecule has 5 nitrogen and oxygen atoms in total. The van der Waals surface area contributed by atoms with Gasteiger partial charge in [0.25, 0.3) is 5.91 Å². The van der Waals surface area contributed by atoms with E-state index in [2.05, 4.69) is 5.16 Å². The number of carbonyl (C=O) groups excluding carboxylic acids is 1. The van der Waals surface area contributed by atoms with Gasteiger partial charge in [-0.1, -0.05) is 16.8 Å². The van der Waals surface area contributed by atoms with E-state index in [1.807, 2.05) is 0 Å². The molecule has 0 bridgehead atoms. The van der Waals surface area contributed by atoms with Gasteiger partial charge in [-0.15, -0.1) is 0 Å². The Kier molecular flexibility index (Phi) is 3.43. The van der Waals surface area contributed by atoms with Gasteiger partial charge in [0, 0.05) is 23.5 Å². The molecule has 0 saturated heterocycles. The molecule has 0 N–H and O–H groups in total. The first kappa shape index (κ1) is 13.7. The zero-order valence-corrected chi connectivity index (χ0v) is 12.3. The fourth-order valence-electron chi connectivity index (χ4n) is 2.11. The lowest BCUT2D eigenvalue weighted by molar-refractivity contribution is 0.0753. The lowest BCUT2D eigenvalue weighted by atomic mass is 10.2. The quantitative estimate of drug-likeness (QED) is 0.741. The van der Waals surface area contributed by atoms with E-state index in [9.17, 15) is 4.79 Å². The minimum Gasteiger partial charge on any atom is -0.451 e. The molecule has 3 rings (SSSR count). The van der Waals surface area contributed by atoms with E-state index in [1.165, 1.54) is 4.90 Å². The van der Waals surface area contributed by atoms with Crippen molar-refractivity contribution in [2.45, 2.75) is 13.5 Å². The van der Waals surface area contributed by atoms with Crippen LogP contribution < -0.4 is 0 Å². The van der Waals surface area contributed by atoms with Gasteiger partial charge in [0.15, 0.2) is 5.76 Å². The maximum Gasteiger partial charge on any atom is 0.289 e. The highest BCUT2D eigenvalue weighted by molar-refractivity contribution is 6.31. The van der Waals surface area contributed by atoms with Crippen LogP contribution in [0.3, 0.4) is 0 Å². The Balaban J connectivity index is 1.82. The van der Waals surface area contributed by atoms with Crippen molar-refractivity contribution in [2.24, 2.45) is 0 Å². The predicted molar refractivity (Wildman–Crippen MR) is 78.3 cm³/mol. The maximum atomic E-state index is 12.4. The number of fused-ring (bicyclic) bond motifs is 1. The topological polar surface area (TPSA) is 59.5 Å². The van der Waals surface area contributed by atoms with Crippen LogP contribution in [-0.2, 0) is 6.54 Å². The number of carbonyl (C=O) groups is 1. The summed E-state index contributed by atoms with van der Waals surface area (Å²) in [4.78, 5) is 13.9. The van der Waals surface area contributed by atoms with Crippen LogP contribution in [0.15, 0.2) is 39.3 Å². The predicted octanol–water partition coefficient (Wildman–Crippen LogP) is 3.65. The Hall–Kier alpha value is -2.27. The number of benzene rings is 1. The first-order valence-corrected chi connectivity index (χ1v) is 6.77. The van der Waals surface area contributed by atoms with Gasteiger partial charge in [-0.25, -0.2) is 0 Å². The number of aryl methyl sites for hydroxylation is 1. The van der Waals surface area contributed by atoms with Crippen LogP contribution in [0.2, 0.25) is 5.02 Å². The Morgan fingerprint density at radius 2 is 2.14 bits per heavy atom. The summed E-state index contributed by atoms with van der Waals surface area (Å²) in [6, 6.07) is 8.72. The number of rotatable bonds is 3. The van der Waals surface area contributed by atoms with E-state index in [0.717, 1.165) is 5.39 Å². The fourth-order valence-corrected chi connectivity index (χ4v) is 2.30. The van der Waals surface area contributed by atoms with Crippen molar-refractivity contribution < 1.29 is 13.7 Å². The summed E-state index contributed by atoms with van der Waals surface area (Å²) in [6.07, 6.45) is 0. The number of nitrogens with zero attached hydrogens (tertiary/aromatic N) is 2. The molecule has 0 radical (unpaired) electrons. The Morgan fingerprint density at radius 1 is 1.33 bits per heavy atom. The van der Waals surface area contributed by atoms with Crippen molar-refractivity contribution in [1.29, 1.82) is 0 Å². The van der Waals surface area contributed by atoms with E-state index < -0.39 is 0 Å². The molecule has 0 saturated carbocycles. The average Bonchev–Trinajstić information content (AvgIpc) is 3.03. The van der Waals surface area contributed by atoms with Crippen molar-refractivity contribution in [3.8, 4) is 0 Å². The molecule has 1 aromatic carbocycles. The molecule has 0 aliphatic heterocycles. The van der Waals surface area contributed by atoms with Gasteiger partial charge in [-0.05, 0) is 31.2 Å². The second-order valence-electron chi connectivity index (χ2n) is 4.88. The molecule has 3 aromatic rings. The Bertz CT molecular complexity index is 806. The van der Waals surface area contributed by atoms with Gasteiger partial charge in [-0.3, -0.25) is 4.79 Å². The minimum atomic E-state index is -0.219. The molecular weight excluding hydrogens is 292 g/mol. The number of aromatic nitrogens is 1. The normalized spacial score (nSPS) is 11.0. The molecule has 6 heteroatoms. The number of halogens is 1. The zero-order valence-electron chi connectivity index (χ0n) is 11.6. The number of hydrogen-bond acceptors (Lipinski definition) is 4. The lowest BCUT2D eigenvalue weighted by Gasteiger charge is -2.13. The summed E-state index contributed by atoms with van der Waals surface area (Å²) in [5, 5.41) is 5.28. The third kappa shape index (κ3) is 2.78. The van der Waals surface area contributed by atoms with Gasteiger partial charge in [-0.2, -0.15) is 0 Å². The van der Waals surface area contributed by atoms with Crippen LogP contribution in [0.25, 0.3) is 11.0 Å². The molecular formula is C15H13ClN2O3. The number of amides is 1. The van der Waals surface area contributed by atoms with Crippen molar-refractivity contribution in [3.63, 3.8) is 0 Å². The highest BCUT2D eigenvalue weighted by Gasteiger charge is 2.18. The van der Waals surface area contributed by atoms with Gasteiger partial charge in [0.05, 0.1) is 6.54 Å². The minimum absolute atomic E-state index is 0.219. The van der Waals surface area contributed by atoms with E-state index in [0.29, 0.717) is 28.6 Å². The van der Waals surface area contributed by atoms with Gasteiger partial charge in [0.1, 0.15) is 17.0 Å². The second kappa shape index (κ2) is 5.26. The van der Waals surface area contributed by atoms with E-state index >= 15 is 0 Å². The van der Waals surface area contributed by atoms with Gasteiger partial charge >= 0.3 is 0 Å². The van der Waals surface area contributed by atoms with Crippen molar-refractivity contribution in [2.75, 3.05) is 7.05 Å². The highest BCUT2D eigenvalue weighted by Crippen LogP contribution is 2.24. The number of hydrogen-bond donors (Lipinski definition) is 0. The second-order valence-corrected chi connectivity index (χ2v) is 5.32. The van der Waals surface area contributed by atoms with Crippen molar-refractivity contribution in [3.05, 3.63) is 52.6 Å². The van der Waals surface area contributed by atoms with Gasteiger partial charge in [0.2, 0.25) is 0 Å². The van der Waals surface area contributed by atoms with Crippen LogP contribution in [0.1, 0.15) is 22.0 Å². The largest absolute Gasteiger partial charge is 0.451 e. The molecule has 21 heavy (non-hydrogen) atoms. The first-order chi connectivity index (χ1) is 10.0. The molecule has 0 aliphatic carbocycles. The summed E-state index contributed by atoms with van der Waals surface area (Å²) >= 11 is 5.92. The van der Waals surface area contributed by atoms with E-state index in [1.54, 1.807) is 44.3 Å². The van der Waals surface area contributed by atoms with Crippen LogP contribution in [0.5, 0.6) is 0 Å². The third-order valence-corrected chi connectivity index (χ3v) is 3.35. The average molecular weight is 305 g/mol. The van der Waals surface area contributed by atoms with Crippen molar-refractivity contribution >= 4 is 28.5 Å². The maximum absolute atomic E-state index is 12.4. The fraction of sp³-hybridized carbons (Fsp3) is 0.200. The molecule has 0 atom stereocenters. The Morgan fingerprint density at radius 3 is 2.86 bits per heavy atom. The first-order valence-electron chi connectivity index (χ1n) is 6.39. The SMILES string of the molecule is Cc1cc(CN(C)C(=O)c2cc3cc(Cl)ccc3o2)no1. The molecule has 2 heterocycles. The molecule has 0 spiro atoms. The lowest BCUT2D eigenvalue weighted by Crippen LogP contribution is -2.25. The summed E-state index contributed by atoms with van der Waals surface area (Å²) in [6.45, 7) is 2.16. The van der Waals surface area contributed by atoms with E-state index in [-0.39, 0.29) is 11.7 Å². The summed E-state index contributed by atoms with van der Waals surface area (Å²) in [5.74, 6) is 0.766.